The van der Waals surface area contributed by atoms with Gasteiger partial charge in [0.15, 0.2) is 0 Å². The van der Waals surface area contributed by atoms with Crippen molar-refractivity contribution in [3.8, 4) is 11.1 Å². The van der Waals surface area contributed by atoms with E-state index < -0.39 is 0 Å². The van der Waals surface area contributed by atoms with Crippen molar-refractivity contribution in [2.45, 2.75) is 0 Å². The SMILES string of the molecule is [Si]c1ccc(-c2ccc3cc2N=N3)cc1. The van der Waals surface area contributed by atoms with E-state index in [4.69, 9.17) is 0 Å². The molecule has 3 radical (unpaired) electrons. The minimum Gasteiger partial charge on any atom is -0.150 e. The number of azo groups is 1. The third kappa shape index (κ3) is 1.41. The Labute approximate surface area is 91.1 Å². The lowest BCUT2D eigenvalue weighted by atomic mass is 10.0. The Morgan fingerprint density at radius 1 is 0.867 bits per heavy atom. The summed E-state index contributed by atoms with van der Waals surface area (Å²) in [5.41, 5.74) is 4.19. The molecular formula is C12H7N2Si. The van der Waals surface area contributed by atoms with Gasteiger partial charge in [-0.3, -0.25) is 0 Å². The summed E-state index contributed by atoms with van der Waals surface area (Å²) in [6.45, 7) is 0. The molecule has 3 heteroatoms. The lowest BCUT2D eigenvalue weighted by Gasteiger charge is -2.02. The van der Waals surface area contributed by atoms with Gasteiger partial charge in [-0.2, -0.15) is 5.11 Å². The molecule has 0 N–H and O–H groups in total. The summed E-state index contributed by atoms with van der Waals surface area (Å²) in [5.74, 6) is 0. The quantitative estimate of drug-likeness (QED) is 0.548. The van der Waals surface area contributed by atoms with Gasteiger partial charge in [-0.05, 0) is 23.8 Å². The minimum atomic E-state index is 0.936. The molecule has 1 heterocycles. The molecule has 0 saturated heterocycles. The summed E-state index contributed by atoms with van der Waals surface area (Å²) in [7, 11) is 3.47. The number of rotatable bonds is 1. The molecule has 0 unspecified atom stereocenters. The van der Waals surface area contributed by atoms with Crippen LogP contribution in [0.5, 0.6) is 0 Å². The Balaban J connectivity index is 2.15. The van der Waals surface area contributed by atoms with Crippen molar-refractivity contribution in [2.24, 2.45) is 10.2 Å². The number of nitrogens with zero attached hydrogens (tertiary/aromatic N) is 2. The van der Waals surface area contributed by atoms with Gasteiger partial charge >= 0.3 is 0 Å². The van der Waals surface area contributed by atoms with Crippen LogP contribution < -0.4 is 5.19 Å². The van der Waals surface area contributed by atoms with E-state index in [0.717, 1.165) is 22.1 Å². The maximum absolute atomic E-state index is 4.12. The van der Waals surface area contributed by atoms with E-state index in [2.05, 4.69) is 38.7 Å². The monoisotopic (exact) mass is 207 g/mol. The van der Waals surface area contributed by atoms with Crippen molar-refractivity contribution in [1.82, 2.24) is 0 Å². The Morgan fingerprint density at radius 3 is 2.47 bits per heavy atom. The molecule has 15 heavy (non-hydrogen) atoms. The van der Waals surface area contributed by atoms with E-state index in [-0.39, 0.29) is 0 Å². The predicted octanol–water partition coefficient (Wildman–Crippen LogP) is 2.88. The van der Waals surface area contributed by atoms with Crippen molar-refractivity contribution in [3.05, 3.63) is 42.5 Å². The Morgan fingerprint density at radius 2 is 1.67 bits per heavy atom. The van der Waals surface area contributed by atoms with Crippen LogP contribution in [0.4, 0.5) is 11.4 Å². The molecule has 0 saturated carbocycles. The minimum absolute atomic E-state index is 0.936. The molecule has 1 aliphatic rings. The fraction of sp³-hybridized carbons (Fsp3) is 0. The van der Waals surface area contributed by atoms with Crippen LogP contribution in [0, 0.1) is 0 Å². The summed E-state index contributed by atoms with van der Waals surface area (Å²) >= 11 is 0. The zero-order chi connectivity index (χ0) is 10.3. The number of benzene rings is 2. The maximum atomic E-state index is 4.12. The molecule has 0 aromatic heterocycles. The molecule has 2 aromatic rings. The van der Waals surface area contributed by atoms with Gasteiger partial charge in [0.2, 0.25) is 0 Å². The standard InChI is InChI=1S/C12H7N2Si/c15-10-4-1-8(2-5-10)11-6-3-9-7-12(11)14-13-9/h1-7H. The van der Waals surface area contributed by atoms with Crippen LogP contribution in [0.15, 0.2) is 52.7 Å². The Hall–Kier alpha value is -1.74. The molecule has 69 valence electrons. The largest absolute Gasteiger partial charge is 0.150 e. The van der Waals surface area contributed by atoms with Gasteiger partial charge in [-0.15, -0.1) is 5.11 Å². The van der Waals surface area contributed by atoms with Gasteiger partial charge in [-0.1, -0.05) is 29.5 Å². The molecule has 0 aliphatic carbocycles. The normalized spacial score (nSPS) is 12.1. The van der Waals surface area contributed by atoms with Crippen molar-refractivity contribution >= 4 is 26.8 Å². The van der Waals surface area contributed by atoms with E-state index in [1.807, 2.05) is 24.3 Å². The van der Waals surface area contributed by atoms with E-state index in [9.17, 15) is 0 Å². The van der Waals surface area contributed by atoms with Crippen LogP contribution in [-0.4, -0.2) is 10.2 Å². The van der Waals surface area contributed by atoms with Crippen molar-refractivity contribution in [1.29, 1.82) is 0 Å². The number of hydrogen-bond donors (Lipinski definition) is 0. The van der Waals surface area contributed by atoms with Crippen LogP contribution in [0.1, 0.15) is 0 Å². The zero-order valence-corrected chi connectivity index (χ0v) is 8.94. The van der Waals surface area contributed by atoms with Crippen molar-refractivity contribution in [2.75, 3.05) is 0 Å². The van der Waals surface area contributed by atoms with Gasteiger partial charge < -0.3 is 0 Å². The van der Waals surface area contributed by atoms with Gasteiger partial charge in [0.05, 0.1) is 21.6 Å². The third-order valence-electron chi connectivity index (χ3n) is 2.45. The summed E-state index contributed by atoms with van der Waals surface area (Å²) in [5, 5.41) is 9.22. The van der Waals surface area contributed by atoms with Gasteiger partial charge in [0.25, 0.3) is 0 Å². The molecule has 0 spiro atoms. The summed E-state index contributed by atoms with van der Waals surface area (Å²) in [6, 6.07) is 14.2. The summed E-state index contributed by atoms with van der Waals surface area (Å²) < 4.78 is 0. The zero-order valence-electron chi connectivity index (χ0n) is 7.94. The number of fused-ring (bicyclic) bond motifs is 2. The van der Waals surface area contributed by atoms with E-state index in [1.165, 1.54) is 5.56 Å². The van der Waals surface area contributed by atoms with Gasteiger partial charge in [-0.25, -0.2) is 0 Å². The van der Waals surface area contributed by atoms with Crippen LogP contribution in [-0.2, 0) is 0 Å². The highest BCUT2D eigenvalue weighted by molar-refractivity contribution is 6.32. The van der Waals surface area contributed by atoms with Crippen LogP contribution in [0.2, 0.25) is 0 Å². The van der Waals surface area contributed by atoms with Gasteiger partial charge in [0.1, 0.15) is 0 Å². The number of hydrogen-bond acceptors (Lipinski definition) is 2. The highest BCUT2D eigenvalue weighted by Crippen LogP contribution is 2.38. The first-order chi connectivity index (χ1) is 7.33. The first kappa shape index (κ1) is 8.56. The first-order valence-electron chi connectivity index (χ1n) is 4.71. The smallest absolute Gasteiger partial charge is 0.0957 e. The third-order valence-corrected chi connectivity index (χ3v) is 2.78. The molecule has 3 rings (SSSR count). The molecule has 2 bridgehead atoms. The fourth-order valence-corrected chi connectivity index (χ4v) is 1.84. The molecule has 2 nitrogen and oxygen atoms in total. The van der Waals surface area contributed by atoms with Crippen LogP contribution >= 0.6 is 0 Å². The second-order valence-electron chi connectivity index (χ2n) is 3.48. The Kier molecular flexibility index (Phi) is 1.79. The summed E-state index contributed by atoms with van der Waals surface area (Å²) in [6.07, 6.45) is 0. The molecular weight excluding hydrogens is 200 g/mol. The molecule has 1 aliphatic heterocycles. The highest BCUT2D eigenvalue weighted by Gasteiger charge is 2.09. The predicted molar refractivity (Wildman–Crippen MR) is 61.4 cm³/mol. The average molecular weight is 207 g/mol. The highest BCUT2D eigenvalue weighted by atomic mass is 28.1. The van der Waals surface area contributed by atoms with Crippen molar-refractivity contribution in [3.63, 3.8) is 0 Å². The average Bonchev–Trinajstić information content (AvgIpc) is 2.63. The second-order valence-corrected chi connectivity index (χ2v) is 4.06. The lowest BCUT2D eigenvalue weighted by Crippen LogP contribution is -1.99. The van der Waals surface area contributed by atoms with Crippen molar-refractivity contribution < 1.29 is 0 Å². The first-order valence-corrected chi connectivity index (χ1v) is 5.21. The van der Waals surface area contributed by atoms with Gasteiger partial charge in [0, 0.05) is 5.56 Å². The van der Waals surface area contributed by atoms with E-state index in [1.54, 1.807) is 0 Å². The van der Waals surface area contributed by atoms with Crippen LogP contribution in [0.25, 0.3) is 11.1 Å². The second kappa shape index (κ2) is 3.14. The van der Waals surface area contributed by atoms with Crippen LogP contribution in [0.3, 0.4) is 0 Å². The molecule has 0 amide bonds. The molecule has 0 fully saturated rings. The topological polar surface area (TPSA) is 24.7 Å². The maximum Gasteiger partial charge on any atom is 0.0957 e. The van der Waals surface area contributed by atoms with E-state index >= 15 is 0 Å². The fourth-order valence-electron chi connectivity index (χ4n) is 1.67. The lowest BCUT2D eigenvalue weighted by molar-refractivity contribution is 1.31. The van der Waals surface area contributed by atoms with E-state index in [0.29, 0.717) is 0 Å². The summed E-state index contributed by atoms with van der Waals surface area (Å²) in [4.78, 5) is 0. The molecule has 2 aromatic carbocycles. The molecule has 0 atom stereocenters. The Bertz CT molecular complexity index is 544.